The van der Waals surface area contributed by atoms with Crippen LogP contribution in [0.3, 0.4) is 0 Å². The van der Waals surface area contributed by atoms with Gasteiger partial charge in [0.2, 0.25) is 0 Å². The van der Waals surface area contributed by atoms with Crippen molar-refractivity contribution in [2.45, 2.75) is 23.0 Å². The van der Waals surface area contributed by atoms with E-state index in [1.165, 1.54) is 42.8 Å². The standard InChI is InChI=1S/C22H20F3NO5S2/c1-29-17-11-14-8-9-26(33(27,28)19-7-4-10-32-19)21(20(14)18(13-17)30-2)15-5-3-6-16(12-15)31-22(23,24)25/h3-7,10-13,21H,8-9H2,1-2H3. The summed E-state index contributed by atoms with van der Waals surface area (Å²) in [6.07, 6.45) is -4.50. The van der Waals surface area contributed by atoms with Crippen LogP contribution in [0, 0.1) is 0 Å². The molecule has 0 saturated heterocycles. The number of hydrogen-bond donors (Lipinski definition) is 0. The highest BCUT2D eigenvalue weighted by molar-refractivity contribution is 7.91. The molecule has 0 bridgehead atoms. The molecule has 0 saturated carbocycles. The van der Waals surface area contributed by atoms with Crippen LogP contribution in [0.2, 0.25) is 0 Å². The topological polar surface area (TPSA) is 65.1 Å². The van der Waals surface area contributed by atoms with E-state index in [1.54, 1.807) is 29.6 Å². The highest BCUT2D eigenvalue weighted by Crippen LogP contribution is 2.45. The van der Waals surface area contributed by atoms with Crippen molar-refractivity contribution in [2.75, 3.05) is 20.8 Å². The summed E-state index contributed by atoms with van der Waals surface area (Å²) in [6.45, 7) is 0.124. The molecule has 1 aliphatic heterocycles. The normalized spacial score (nSPS) is 16.8. The van der Waals surface area contributed by atoms with Crippen molar-refractivity contribution < 1.29 is 35.8 Å². The number of benzene rings is 2. The average molecular weight is 500 g/mol. The number of nitrogens with zero attached hydrogens (tertiary/aromatic N) is 1. The van der Waals surface area contributed by atoms with Crippen molar-refractivity contribution in [1.82, 2.24) is 4.31 Å². The summed E-state index contributed by atoms with van der Waals surface area (Å²) in [6, 6.07) is 11.0. The molecule has 1 aromatic heterocycles. The maximum Gasteiger partial charge on any atom is 0.573 e. The minimum atomic E-state index is -4.88. The van der Waals surface area contributed by atoms with Gasteiger partial charge in [-0.2, -0.15) is 4.31 Å². The van der Waals surface area contributed by atoms with Gasteiger partial charge >= 0.3 is 6.36 Å². The number of hydrogen-bond acceptors (Lipinski definition) is 6. The fraction of sp³-hybridized carbons (Fsp3) is 0.273. The second-order valence-electron chi connectivity index (χ2n) is 7.22. The smallest absolute Gasteiger partial charge is 0.497 e. The Kier molecular flexibility index (Phi) is 6.30. The second-order valence-corrected chi connectivity index (χ2v) is 10.3. The van der Waals surface area contributed by atoms with E-state index >= 15 is 0 Å². The van der Waals surface area contributed by atoms with Gasteiger partial charge in [0.25, 0.3) is 10.0 Å². The summed E-state index contributed by atoms with van der Waals surface area (Å²) in [5, 5.41) is 1.66. The summed E-state index contributed by atoms with van der Waals surface area (Å²) >= 11 is 1.07. The highest BCUT2D eigenvalue weighted by atomic mass is 32.2. The molecule has 33 heavy (non-hydrogen) atoms. The predicted octanol–water partition coefficient (Wildman–Crippen LogP) is 5.00. The van der Waals surface area contributed by atoms with E-state index in [9.17, 15) is 21.6 Å². The number of halogens is 3. The molecule has 1 atom stereocenters. The van der Waals surface area contributed by atoms with Gasteiger partial charge in [0.05, 0.1) is 20.3 Å². The SMILES string of the molecule is COc1cc2c(c(OC)c1)C(c1cccc(OC(F)(F)F)c1)N(S(=O)(=O)c1cccs1)CC2. The number of sulfonamides is 1. The van der Waals surface area contributed by atoms with Crippen molar-refractivity contribution in [3.8, 4) is 17.2 Å². The number of thiophene rings is 1. The zero-order valence-corrected chi connectivity index (χ0v) is 19.3. The highest BCUT2D eigenvalue weighted by Gasteiger charge is 2.40. The Morgan fingerprint density at radius 1 is 1.03 bits per heavy atom. The predicted molar refractivity (Wildman–Crippen MR) is 116 cm³/mol. The molecule has 2 heterocycles. The maximum atomic E-state index is 13.5. The molecule has 0 amide bonds. The summed E-state index contributed by atoms with van der Waals surface area (Å²) < 4.78 is 82.0. The first-order valence-corrected chi connectivity index (χ1v) is 12.1. The quantitative estimate of drug-likeness (QED) is 0.478. The van der Waals surface area contributed by atoms with E-state index in [-0.39, 0.29) is 10.8 Å². The van der Waals surface area contributed by atoms with Crippen molar-refractivity contribution in [2.24, 2.45) is 0 Å². The molecule has 176 valence electrons. The van der Waals surface area contributed by atoms with Gasteiger partial charge in [-0.3, -0.25) is 0 Å². The van der Waals surface area contributed by atoms with Crippen molar-refractivity contribution in [3.05, 3.63) is 70.6 Å². The van der Waals surface area contributed by atoms with Crippen LogP contribution in [0.1, 0.15) is 22.7 Å². The molecule has 4 rings (SSSR count). The average Bonchev–Trinajstić information content (AvgIpc) is 3.32. The first-order chi connectivity index (χ1) is 15.6. The second kappa shape index (κ2) is 8.88. The van der Waals surface area contributed by atoms with E-state index in [0.717, 1.165) is 16.9 Å². The summed E-state index contributed by atoms with van der Waals surface area (Å²) in [4.78, 5) is 0. The monoisotopic (exact) mass is 499 g/mol. The Hall–Kier alpha value is -2.76. The van der Waals surface area contributed by atoms with E-state index in [1.807, 2.05) is 0 Å². The van der Waals surface area contributed by atoms with Crippen LogP contribution in [0.15, 0.2) is 58.1 Å². The molecule has 1 aliphatic rings. The molecule has 1 unspecified atom stereocenters. The first-order valence-electron chi connectivity index (χ1n) is 9.80. The Labute approximate surface area is 193 Å². The van der Waals surface area contributed by atoms with Crippen molar-refractivity contribution >= 4 is 21.4 Å². The van der Waals surface area contributed by atoms with Gasteiger partial charge in [-0.05, 0) is 47.2 Å². The van der Waals surface area contributed by atoms with Crippen LogP contribution in [0.4, 0.5) is 13.2 Å². The fourth-order valence-corrected chi connectivity index (χ4v) is 6.67. The van der Waals surface area contributed by atoms with E-state index in [2.05, 4.69) is 4.74 Å². The van der Waals surface area contributed by atoms with Crippen molar-refractivity contribution in [1.29, 1.82) is 0 Å². The van der Waals surface area contributed by atoms with Gasteiger partial charge in [-0.1, -0.05) is 18.2 Å². The molecule has 2 aromatic carbocycles. The van der Waals surface area contributed by atoms with E-state index in [4.69, 9.17) is 9.47 Å². The Morgan fingerprint density at radius 3 is 2.45 bits per heavy atom. The van der Waals surface area contributed by atoms with Crippen LogP contribution in [0.25, 0.3) is 0 Å². The van der Waals surface area contributed by atoms with Crippen LogP contribution in [-0.2, 0) is 16.4 Å². The lowest BCUT2D eigenvalue weighted by atomic mass is 9.88. The zero-order chi connectivity index (χ0) is 23.8. The Balaban J connectivity index is 1.92. The van der Waals surface area contributed by atoms with Crippen LogP contribution < -0.4 is 14.2 Å². The molecule has 6 nitrogen and oxygen atoms in total. The molecular formula is C22H20F3NO5S2. The lowest BCUT2D eigenvalue weighted by Crippen LogP contribution is -2.40. The van der Waals surface area contributed by atoms with E-state index in [0.29, 0.717) is 29.0 Å². The van der Waals surface area contributed by atoms with Gasteiger partial charge in [0, 0.05) is 18.2 Å². The molecular weight excluding hydrogens is 479 g/mol. The third kappa shape index (κ3) is 4.66. The summed E-state index contributed by atoms with van der Waals surface area (Å²) in [5.74, 6) is 0.476. The first kappa shape index (κ1) is 23.4. The largest absolute Gasteiger partial charge is 0.573 e. The molecule has 0 N–H and O–H groups in total. The number of fused-ring (bicyclic) bond motifs is 1. The third-order valence-electron chi connectivity index (χ3n) is 5.29. The molecule has 3 aromatic rings. The Morgan fingerprint density at radius 2 is 1.82 bits per heavy atom. The number of alkyl halides is 3. The number of methoxy groups -OCH3 is 2. The fourth-order valence-electron chi connectivity index (χ4n) is 3.96. The van der Waals surface area contributed by atoms with Gasteiger partial charge in [-0.15, -0.1) is 24.5 Å². The lowest BCUT2D eigenvalue weighted by molar-refractivity contribution is -0.274. The van der Waals surface area contributed by atoms with Gasteiger partial charge in [0.1, 0.15) is 21.5 Å². The van der Waals surface area contributed by atoms with Crippen molar-refractivity contribution in [3.63, 3.8) is 0 Å². The van der Waals surface area contributed by atoms with E-state index < -0.39 is 28.2 Å². The minimum Gasteiger partial charge on any atom is -0.497 e. The molecule has 11 heteroatoms. The molecule has 0 fully saturated rings. The summed E-state index contributed by atoms with van der Waals surface area (Å²) in [5.41, 5.74) is 1.66. The van der Waals surface area contributed by atoms with Gasteiger partial charge < -0.3 is 14.2 Å². The summed E-state index contributed by atoms with van der Waals surface area (Å²) in [7, 11) is -0.992. The lowest BCUT2D eigenvalue weighted by Gasteiger charge is -2.37. The molecule has 0 radical (unpaired) electrons. The number of rotatable bonds is 6. The maximum absolute atomic E-state index is 13.5. The third-order valence-corrected chi connectivity index (χ3v) is 8.52. The van der Waals surface area contributed by atoms with Crippen LogP contribution in [-0.4, -0.2) is 39.8 Å². The Bertz CT molecular complexity index is 1230. The van der Waals surface area contributed by atoms with Gasteiger partial charge in [-0.25, -0.2) is 8.42 Å². The molecule has 0 aliphatic carbocycles. The minimum absolute atomic E-state index is 0.124. The zero-order valence-electron chi connectivity index (χ0n) is 17.6. The van der Waals surface area contributed by atoms with Gasteiger partial charge in [0.15, 0.2) is 0 Å². The molecule has 0 spiro atoms. The van der Waals surface area contributed by atoms with Crippen LogP contribution in [0.5, 0.6) is 17.2 Å². The number of ether oxygens (including phenoxy) is 3. The van der Waals surface area contributed by atoms with Crippen LogP contribution >= 0.6 is 11.3 Å².